The molecule has 23 heavy (non-hydrogen) atoms. The SMILES string of the molecule is C=C(C)[C@@H]1CC=C(C)/C(=N/NC(=O)Cc2ccc(OC)cc2)C1. The summed E-state index contributed by atoms with van der Waals surface area (Å²) < 4.78 is 5.11. The first-order valence-corrected chi connectivity index (χ1v) is 7.80. The Labute approximate surface area is 137 Å². The van der Waals surface area contributed by atoms with Gasteiger partial charge < -0.3 is 4.74 Å². The van der Waals surface area contributed by atoms with Crippen LogP contribution in [0, 0.1) is 5.92 Å². The molecule has 0 heterocycles. The van der Waals surface area contributed by atoms with Gasteiger partial charge in [-0.25, -0.2) is 5.43 Å². The number of ether oxygens (including phenoxy) is 1. The Kier molecular flexibility index (Phi) is 5.74. The summed E-state index contributed by atoms with van der Waals surface area (Å²) in [6.07, 6.45) is 4.30. The average Bonchev–Trinajstić information content (AvgIpc) is 2.54. The van der Waals surface area contributed by atoms with Gasteiger partial charge in [0, 0.05) is 0 Å². The molecule has 0 radical (unpaired) electrons. The van der Waals surface area contributed by atoms with Crippen molar-refractivity contribution in [1.29, 1.82) is 0 Å². The van der Waals surface area contributed by atoms with Crippen molar-refractivity contribution in [3.63, 3.8) is 0 Å². The van der Waals surface area contributed by atoms with Crippen LogP contribution in [0.2, 0.25) is 0 Å². The van der Waals surface area contributed by atoms with Crippen LogP contribution in [0.3, 0.4) is 0 Å². The smallest absolute Gasteiger partial charge is 0.244 e. The van der Waals surface area contributed by atoms with Crippen LogP contribution in [-0.2, 0) is 11.2 Å². The third kappa shape index (κ3) is 4.81. The van der Waals surface area contributed by atoms with E-state index in [2.05, 4.69) is 23.2 Å². The summed E-state index contributed by atoms with van der Waals surface area (Å²) in [4.78, 5) is 12.0. The van der Waals surface area contributed by atoms with E-state index in [-0.39, 0.29) is 5.91 Å². The molecule has 122 valence electrons. The highest BCUT2D eigenvalue weighted by molar-refractivity contribution is 6.01. The van der Waals surface area contributed by atoms with Crippen molar-refractivity contribution in [3.05, 3.63) is 53.6 Å². The minimum atomic E-state index is -0.118. The molecule has 0 fully saturated rings. The number of methoxy groups -OCH3 is 1. The number of hydrazone groups is 1. The van der Waals surface area contributed by atoms with Crippen molar-refractivity contribution in [1.82, 2.24) is 5.43 Å². The molecule has 0 unspecified atom stereocenters. The Hall–Kier alpha value is -2.36. The Balaban J connectivity index is 1.95. The number of hydrogen-bond acceptors (Lipinski definition) is 3. The molecule has 1 aliphatic carbocycles. The predicted octanol–water partition coefficient (Wildman–Crippen LogP) is 3.64. The molecular weight excluding hydrogens is 288 g/mol. The van der Waals surface area contributed by atoms with E-state index in [4.69, 9.17) is 4.74 Å². The van der Waals surface area contributed by atoms with Gasteiger partial charge in [-0.05, 0) is 55.9 Å². The van der Waals surface area contributed by atoms with E-state index in [1.807, 2.05) is 38.1 Å². The van der Waals surface area contributed by atoms with Gasteiger partial charge in [-0.3, -0.25) is 4.79 Å². The third-order valence-electron chi connectivity index (χ3n) is 4.14. The first kappa shape index (κ1) is 17.0. The quantitative estimate of drug-likeness (QED) is 0.666. The zero-order valence-electron chi connectivity index (χ0n) is 14.1. The molecule has 0 spiro atoms. The predicted molar refractivity (Wildman–Crippen MR) is 93.6 cm³/mol. The highest BCUT2D eigenvalue weighted by Crippen LogP contribution is 2.26. The number of nitrogens with one attached hydrogen (secondary N) is 1. The number of rotatable bonds is 5. The van der Waals surface area contributed by atoms with Gasteiger partial charge >= 0.3 is 0 Å². The van der Waals surface area contributed by atoms with Gasteiger partial charge in [0.15, 0.2) is 0 Å². The molecule has 1 N–H and O–H groups in total. The molecule has 4 nitrogen and oxygen atoms in total. The number of nitrogens with zero attached hydrogens (tertiary/aromatic N) is 1. The summed E-state index contributed by atoms with van der Waals surface area (Å²) in [5.41, 5.74) is 6.82. The van der Waals surface area contributed by atoms with Crippen molar-refractivity contribution in [3.8, 4) is 5.75 Å². The molecule has 0 saturated heterocycles. The summed E-state index contributed by atoms with van der Waals surface area (Å²) >= 11 is 0. The monoisotopic (exact) mass is 312 g/mol. The highest BCUT2D eigenvalue weighted by atomic mass is 16.5. The second-order valence-corrected chi connectivity index (χ2v) is 5.99. The normalized spacial score (nSPS) is 19.2. The zero-order chi connectivity index (χ0) is 16.8. The van der Waals surface area contributed by atoms with Crippen molar-refractivity contribution < 1.29 is 9.53 Å². The van der Waals surface area contributed by atoms with Crippen molar-refractivity contribution in [2.75, 3.05) is 7.11 Å². The van der Waals surface area contributed by atoms with Crippen LogP contribution >= 0.6 is 0 Å². The van der Waals surface area contributed by atoms with E-state index in [1.54, 1.807) is 7.11 Å². The number of carbonyl (C=O) groups is 1. The van der Waals surface area contributed by atoms with Gasteiger partial charge in [0.05, 0.1) is 19.2 Å². The molecule has 0 bridgehead atoms. The number of carbonyl (C=O) groups excluding carboxylic acids is 1. The number of hydrogen-bond donors (Lipinski definition) is 1. The Bertz CT molecular complexity index is 642. The van der Waals surface area contributed by atoms with Gasteiger partial charge in [-0.2, -0.15) is 5.10 Å². The number of allylic oxidation sites excluding steroid dienone is 3. The van der Waals surface area contributed by atoms with E-state index in [0.717, 1.165) is 41.0 Å². The maximum absolute atomic E-state index is 12.0. The zero-order valence-corrected chi connectivity index (χ0v) is 14.1. The summed E-state index contributed by atoms with van der Waals surface area (Å²) in [5, 5.41) is 4.31. The van der Waals surface area contributed by atoms with Crippen molar-refractivity contribution >= 4 is 11.6 Å². The Morgan fingerprint density at radius 3 is 2.70 bits per heavy atom. The summed E-state index contributed by atoms with van der Waals surface area (Å²) in [6.45, 7) is 8.09. The lowest BCUT2D eigenvalue weighted by molar-refractivity contribution is -0.120. The van der Waals surface area contributed by atoms with E-state index in [1.165, 1.54) is 0 Å². The van der Waals surface area contributed by atoms with Crippen molar-refractivity contribution in [2.24, 2.45) is 11.0 Å². The van der Waals surface area contributed by atoms with Gasteiger partial charge in [-0.1, -0.05) is 30.4 Å². The minimum Gasteiger partial charge on any atom is -0.497 e. The lowest BCUT2D eigenvalue weighted by Gasteiger charge is -2.22. The van der Waals surface area contributed by atoms with E-state index >= 15 is 0 Å². The van der Waals surface area contributed by atoms with Crippen LogP contribution in [0.15, 0.2) is 53.2 Å². The first-order valence-electron chi connectivity index (χ1n) is 7.80. The average molecular weight is 312 g/mol. The number of benzene rings is 1. The van der Waals surface area contributed by atoms with Crippen molar-refractivity contribution in [2.45, 2.75) is 33.1 Å². The van der Waals surface area contributed by atoms with Gasteiger partial charge in [0.1, 0.15) is 5.75 Å². The molecule has 1 amide bonds. The van der Waals surface area contributed by atoms with E-state index in [0.29, 0.717) is 12.3 Å². The summed E-state index contributed by atoms with van der Waals surface area (Å²) in [6, 6.07) is 7.46. The van der Waals surface area contributed by atoms with Gasteiger partial charge in [0.25, 0.3) is 0 Å². The van der Waals surface area contributed by atoms with Crippen LogP contribution in [0.25, 0.3) is 0 Å². The molecule has 0 aliphatic heterocycles. The fraction of sp³-hybridized carbons (Fsp3) is 0.368. The second-order valence-electron chi connectivity index (χ2n) is 5.99. The molecule has 1 aliphatic rings. The molecule has 1 aromatic rings. The Morgan fingerprint density at radius 1 is 1.39 bits per heavy atom. The van der Waals surface area contributed by atoms with E-state index < -0.39 is 0 Å². The van der Waals surface area contributed by atoms with Crippen LogP contribution in [-0.4, -0.2) is 18.7 Å². The van der Waals surface area contributed by atoms with Crippen LogP contribution in [0.1, 0.15) is 32.3 Å². The fourth-order valence-electron chi connectivity index (χ4n) is 2.52. The highest BCUT2D eigenvalue weighted by Gasteiger charge is 2.18. The lowest BCUT2D eigenvalue weighted by Crippen LogP contribution is -2.24. The summed E-state index contributed by atoms with van der Waals surface area (Å²) in [5.74, 6) is 1.08. The van der Waals surface area contributed by atoms with Gasteiger partial charge in [0.2, 0.25) is 5.91 Å². The maximum atomic E-state index is 12.0. The molecule has 1 atom stereocenters. The molecule has 1 aromatic carbocycles. The van der Waals surface area contributed by atoms with Gasteiger partial charge in [-0.15, -0.1) is 0 Å². The first-order chi connectivity index (χ1) is 11.0. The standard InChI is InChI=1S/C19H24N2O2/c1-13(2)16-8-5-14(3)18(12-16)20-21-19(22)11-15-6-9-17(23-4)10-7-15/h5-7,9-10,16H,1,8,11-12H2,2-4H3,(H,21,22)/b20-18+/t16-/m1/s1. The molecule has 2 rings (SSSR count). The fourth-order valence-corrected chi connectivity index (χ4v) is 2.52. The summed E-state index contributed by atoms with van der Waals surface area (Å²) in [7, 11) is 1.62. The molecule has 0 saturated carbocycles. The van der Waals surface area contributed by atoms with Crippen LogP contribution < -0.4 is 10.2 Å². The topological polar surface area (TPSA) is 50.7 Å². The maximum Gasteiger partial charge on any atom is 0.244 e. The minimum absolute atomic E-state index is 0.118. The molecule has 0 aromatic heterocycles. The third-order valence-corrected chi connectivity index (χ3v) is 4.14. The van der Waals surface area contributed by atoms with E-state index in [9.17, 15) is 4.79 Å². The van der Waals surface area contributed by atoms with Crippen LogP contribution in [0.5, 0.6) is 5.75 Å². The van der Waals surface area contributed by atoms with Crippen LogP contribution in [0.4, 0.5) is 0 Å². The lowest BCUT2D eigenvalue weighted by atomic mass is 9.85. The largest absolute Gasteiger partial charge is 0.497 e. The second kappa shape index (κ2) is 7.77. The Morgan fingerprint density at radius 2 is 2.09 bits per heavy atom. The molecule has 4 heteroatoms. The number of amides is 1. The molecular formula is C19H24N2O2.